The van der Waals surface area contributed by atoms with Crippen LogP contribution in [-0.2, 0) is 13.6 Å². The van der Waals surface area contributed by atoms with Crippen LogP contribution in [0.2, 0.25) is 0 Å². The summed E-state index contributed by atoms with van der Waals surface area (Å²) in [6, 6.07) is 0. The summed E-state index contributed by atoms with van der Waals surface area (Å²) in [6.07, 6.45) is 0. The van der Waals surface area contributed by atoms with Crippen molar-refractivity contribution in [3.05, 3.63) is 0 Å². The highest BCUT2D eigenvalue weighted by molar-refractivity contribution is 7.33. The van der Waals surface area contributed by atoms with Crippen LogP contribution in [0.25, 0.3) is 0 Å². The van der Waals surface area contributed by atoms with Crippen molar-refractivity contribution in [3.63, 3.8) is 0 Å². The van der Waals surface area contributed by atoms with E-state index in [1.165, 1.54) is 0 Å². The molecule has 8 heavy (non-hydrogen) atoms. The monoisotopic (exact) mass is 137 g/mol. The fraction of sp³-hybridized carbons (Fsp3) is 1.00. The molecule has 0 aliphatic heterocycles. The highest BCUT2D eigenvalue weighted by Gasteiger charge is 1.94. The molecule has 0 unspecified atom stereocenters. The van der Waals surface area contributed by atoms with E-state index in [2.05, 4.69) is 9.05 Å². The van der Waals surface area contributed by atoms with Crippen molar-refractivity contribution < 1.29 is 13.6 Å². The van der Waals surface area contributed by atoms with Crippen LogP contribution in [0.3, 0.4) is 0 Å². The summed E-state index contributed by atoms with van der Waals surface area (Å²) in [5.74, 6) is 0. The van der Waals surface area contributed by atoms with Crippen molar-refractivity contribution in [2.24, 2.45) is 0 Å². The van der Waals surface area contributed by atoms with Crippen molar-refractivity contribution in [1.82, 2.24) is 0 Å². The molecule has 0 spiro atoms. The Morgan fingerprint density at radius 2 is 1.62 bits per heavy atom. The Bertz CT molecular complexity index is 65.7. The molecular formula is C4H10O3P. The predicted molar refractivity (Wildman–Crippen MR) is 30.9 cm³/mol. The molecular weight excluding hydrogens is 127 g/mol. The number of hydrogen-bond donors (Lipinski definition) is 0. The van der Waals surface area contributed by atoms with E-state index in [4.69, 9.17) is 0 Å². The first-order valence-electron chi connectivity index (χ1n) is 2.54. The van der Waals surface area contributed by atoms with E-state index in [1.807, 2.05) is 0 Å². The minimum absolute atomic E-state index is 0.440. The molecule has 0 saturated carbocycles. The second-order valence-corrected chi connectivity index (χ2v) is 2.02. The van der Waals surface area contributed by atoms with Crippen LogP contribution in [0.1, 0.15) is 13.8 Å². The van der Waals surface area contributed by atoms with Gasteiger partial charge in [0.05, 0.1) is 13.2 Å². The second-order valence-electron chi connectivity index (χ2n) is 1.06. The molecule has 0 bridgehead atoms. The van der Waals surface area contributed by atoms with Gasteiger partial charge in [0, 0.05) is 0 Å². The van der Waals surface area contributed by atoms with Gasteiger partial charge in [-0.2, -0.15) is 0 Å². The molecule has 0 aliphatic carbocycles. The third-order valence-electron chi connectivity index (χ3n) is 0.469. The molecule has 0 aliphatic rings. The smallest absolute Gasteiger partial charge is 0.283 e. The molecule has 3 nitrogen and oxygen atoms in total. The van der Waals surface area contributed by atoms with Gasteiger partial charge in [0.25, 0.3) is 0 Å². The van der Waals surface area contributed by atoms with E-state index in [9.17, 15) is 4.57 Å². The molecule has 0 fully saturated rings. The summed E-state index contributed by atoms with van der Waals surface area (Å²) in [5, 5.41) is 0. The van der Waals surface area contributed by atoms with Crippen molar-refractivity contribution in [1.29, 1.82) is 0 Å². The first-order valence-corrected chi connectivity index (χ1v) is 3.63. The maximum atomic E-state index is 10.3. The fourth-order valence-corrected chi connectivity index (χ4v) is 0.744. The molecule has 4 heteroatoms. The standard InChI is InChI=1S/C4H10O3P/c1-3-6-8(5)7-4-2/h3-4H2,1-2H3. The van der Waals surface area contributed by atoms with Crippen LogP contribution in [-0.4, -0.2) is 13.2 Å². The van der Waals surface area contributed by atoms with Crippen LogP contribution in [0.15, 0.2) is 0 Å². The molecule has 0 amide bonds. The minimum Gasteiger partial charge on any atom is -0.283 e. The van der Waals surface area contributed by atoms with E-state index in [-0.39, 0.29) is 0 Å². The largest absolute Gasteiger partial charge is 0.368 e. The summed E-state index contributed by atoms with van der Waals surface area (Å²) in [4.78, 5) is 0. The van der Waals surface area contributed by atoms with E-state index in [1.54, 1.807) is 13.8 Å². The summed E-state index contributed by atoms with van der Waals surface area (Å²) in [5.41, 5.74) is 0. The molecule has 1 radical (unpaired) electrons. The Morgan fingerprint density at radius 1 is 1.25 bits per heavy atom. The summed E-state index contributed by atoms with van der Waals surface area (Å²) in [7, 11) is -1.83. The van der Waals surface area contributed by atoms with Crippen molar-refractivity contribution in [2.75, 3.05) is 13.2 Å². The summed E-state index contributed by atoms with van der Waals surface area (Å²) in [6.45, 7) is 4.42. The first-order chi connectivity index (χ1) is 3.81. The van der Waals surface area contributed by atoms with Crippen molar-refractivity contribution >= 4 is 8.25 Å². The average molecular weight is 137 g/mol. The summed E-state index contributed by atoms with van der Waals surface area (Å²) < 4.78 is 19.5. The van der Waals surface area contributed by atoms with Crippen molar-refractivity contribution in [3.8, 4) is 0 Å². The van der Waals surface area contributed by atoms with Gasteiger partial charge in [-0.3, -0.25) is 9.05 Å². The third-order valence-corrected chi connectivity index (χ3v) is 1.41. The van der Waals surface area contributed by atoms with Gasteiger partial charge in [-0.1, -0.05) is 0 Å². The summed E-state index contributed by atoms with van der Waals surface area (Å²) >= 11 is 0. The fourth-order valence-electron chi connectivity index (χ4n) is 0.248. The highest BCUT2D eigenvalue weighted by atomic mass is 31.1. The molecule has 0 N–H and O–H groups in total. The van der Waals surface area contributed by atoms with Gasteiger partial charge >= 0.3 is 8.25 Å². The molecule has 0 saturated heterocycles. The molecule has 0 aromatic heterocycles. The lowest BCUT2D eigenvalue weighted by atomic mass is 10.9. The Balaban J connectivity index is 3.06. The lowest BCUT2D eigenvalue weighted by Gasteiger charge is -1.95. The highest BCUT2D eigenvalue weighted by Crippen LogP contribution is 2.21. The normalized spacial score (nSPS) is 9.25. The first kappa shape index (κ1) is 8.02. The van der Waals surface area contributed by atoms with Crippen LogP contribution < -0.4 is 0 Å². The maximum Gasteiger partial charge on any atom is 0.368 e. The average Bonchev–Trinajstić information content (AvgIpc) is 1.68. The van der Waals surface area contributed by atoms with Crippen LogP contribution in [0, 0.1) is 0 Å². The maximum absolute atomic E-state index is 10.3. The van der Waals surface area contributed by atoms with Crippen LogP contribution in [0.5, 0.6) is 0 Å². The van der Waals surface area contributed by atoms with E-state index in [0.29, 0.717) is 13.2 Å². The van der Waals surface area contributed by atoms with E-state index < -0.39 is 8.25 Å². The lowest BCUT2D eigenvalue weighted by molar-refractivity contribution is 0.243. The topological polar surface area (TPSA) is 35.5 Å². The lowest BCUT2D eigenvalue weighted by Crippen LogP contribution is -1.81. The second kappa shape index (κ2) is 5.16. The zero-order valence-electron chi connectivity index (χ0n) is 5.09. The van der Waals surface area contributed by atoms with Crippen LogP contribution >= 0.6 is 8.25 Å². The zero-order valence-corrected chi connectivity index (χ0v) is 5.98. The quantitative estimate of drug-likeness (QED) is 0.553. The zero-order chi connectivity index (χ0) is 6.41. The van der Waals surface area contributed by atoms with E-state index >= 15 is 0 Å². The molecule has 49 valence electrons. The Labute approximate surface area is 49.9 Å². The van der Waals surface area contributed by atoms with Gasteiger partial charge in [0.2, 0.25) is 0 Å². The molecule has 0 rings (SSSR count). The van der Waals surface area contributed by atoms with Gasteiger partial charge in [0.1, 0.15) is 0 Å². The number of hydrogen-bond acceptors (Lipinski definition) is 3. The van der Waals surface area contributed by atoms with Gasteiger partial charge in [0.15, 0.2) is 0 Å². The van der Waals surface area contributed by atoms with Crippen molar-refractivity contribution in [2.45, 2.75) is 13.8 Å². The third kappa shape index (κ3) is 4.19. The SMILES string of the molecule is CCO[P](=O)OCC. The number of rotatable bonds is 4. The molecule has 0 heterocycles. The van der Waals surface area contributed by atoms with Gasteiger partial charge in [-0.15, -0.1) is 0 Å². The Morgan fingerprint density at radius 3 is 1.88 bits per heavy atom. The molecule has 0 aromatic rings. The van der Waals surface area contributed by atoms with E-state index in [0.717, 1.165) is 0 Å². The van der Waals surface area contributed by atoms with Crippen LogP contribution in [0.4, 0.5) is 0 Å². The molecule has 0 aromatic carbocycles. The van der Waals surface area contributed by atoms with Gasteiger partial charge in [-0.05, 0) is 13.8 Å². The van der Waals surface area contributed by atoms with Gasteiger partial charge < -0.3 is 0 Å². The molecule has 0 atom stereocenters. The van der Waals surface area contributed by atoms with Gasteiger partial charge in [-0.25, -0.2) is 4.57 Å². The Kier molecular flexibility index (Phi) is 5.18. The minimum atomic E-state index is -1.83. The predicted octanol–water partition coefficient (Wildman–Crippen LogP) is 1.72. The Hall–Kier alpha value is 0.0200.